The van der Waals surface area contributed by atoms with E-state index < -0.39 is 0 Å². The third-order valence-corrected chi connectivity index (χ3v) is 1.80. The average Bonchev–Trinajstić information content (AvgIpc) is 2.09. The smallest absolute Gasteiger partial charge is 0.239 e. The number of nitrogens with zero attached hydrogens (tertiary/aromatic N) is 1. The monoisotopic (exact) mass is 207 g/mol. The summed E-state index contributed by atoms with van der Waals surface area (Å²) >= 11 is 0. The molecule has 1 heterocycles. The standard InChI is InChI=1S/C7H13N3O2.ClH/c1-8-6(11)5-10-3-2-9-4-7(10)12;/h9H,2-5H2,1H3,(H,8,11);1H. The van der Waals surface area contributed by atoms with Crippen LogP contribution in [-0.2, 0) is 9.59 Å². The molecule has 1 aliphatic rings. The minimum atomic E-state index is -0.120. The minimum Gasteiger partial charge on any atom is -0.358 e. The van der Waals surface area contributed by atoms with E-state index >= 15 is 0 Å². The van der Waals surface area contributed by atoms with Gasteiger partial charge in [-0.25, -0.2) is 0 Å². The molecule has 0 bridgehead atoms. The highest BCUT2D eigenvalue weighted by Crippen LogP contribution is 1.92. The summed E-state index contributed by atoms with van der Waals surface area (Å²) in [5.74, 6) is -0.130. The van der Waals surface area contributed by atoms with Crippen LogP contribution < -0.4 is 10.6 Å². The number of halogens is 1. The van der Waals surface area contributed by atoms with Gasteiger partial charge in [0.05, 0.1) is 13.1 Å². The predicted octanol–water partition coefficient (Wildman–Crippen LogP) is -1.41. The average molecular weight is 208 g/mol. The lowest BCUT2D eigenvalue weighted by atomic mass is 10.3. The maximum absolute atomic E-state index is 11.1. The Hall–Kier alpha value is -0.810. The van der Waals surface area contributed by atoms with Crippen molar-refractivity contribution in [1.82, 2.24) is 15.5 Å². The zero-order valence-electron chi connectivity index (χ0n) is 7.50. The first kappa shape index (κ1) is 12.2. The summed E-state index contributed by atoms with van der Waals surface area (Å²) < 4.78 is 0. The van der Waals surface area contributed by atoms with Crippen molar-refractivity contribution in [2.24, 2.45) is 0 Å². The first-order chi connectivity index (χ1) is 5.74. The fourth-order valence-electron chi connectivity index (χ4n) is 1.07. The van der Waals surface area contributed by atoms with Crippen LogP contribution in [0.5, 0.6) is 0 Å². The van der Waals surface area contributed by atoms with Crippen LogP contribution in [0.25, 0.3) is 0 Å². The van der Waals surface area contributed by atoms with E-state index in [1.165, 1.54) is 0 Å². The van der Waals surface area contributed by atoms with Gasteiger partial charge in [0.2, 0.25) is 11.8 Å². The van der Waals surface area contributed by atoms with E-state index in [2.05, 4.69) is 10.6 Å². The van der Waals surface area contributed by atoms with E-state index in [-0.39, 0.29) is 30.8 Å². The summed E-state index contributed by atoms with van der Waals surface area (Å²) in [6.45, 7) is 1.91. The lowest BCUT2D eigenvalue weighted by molar-refractivity contribution is -0.136. The van der Waals surface area contributed by atoms with Crippen LogP contribution in [0.1, 0.15) is 0 Å². The molecule has 76 valence electrons. The predicted molar refractivity (Wildman–Crippen MR) is 50.8 cm³/mol. The van der Waals surface area contributed by atoms with Gasteiger partial charge in [-0.3, -0.25) is 9.59 Å². The van der Waals surface area contributed by atoms with Gasteiger partial charge in [-0.2, -0.15) is 0 Å². The molecule has 1 aliphatic heterocycles. The fraction of sp³-hybridized carbons (Fsp3) is 0.714. The third-order valence-electron chi connectivity index (χ3n) is 1.80. The molecule has 5 nitrogen and oxygen atoms in total. The number of hydrogen-bond acceptors (Lipinski definition) is 3. The molecule has 0 aromatic rings. The van der Waals surface area contributed by atoms with Gasteiger partial charge in [-0.05, 0) is 0 Å². The number of rotatable bonds is 2. The van der Waals surface area contributed by atoms with E-state index in [0.29, 0.717) is 13.1 Å². The van der Waals surface area contributed by atoms with Crippen LogP contribution >= 0.6 is 12.4 Å². The molecule has 1 saturated heterocycles. The van der Waals surface area contributed by atoms with Crippen molar-refractivity contribution in [2.45, 2.75) is 0 Å². The molecule has 0 aromatic carbocycles. The maximum Gasteiger partial charge on any atom is 0.239 e. The van der Waals surface area contributed by atoms with Crippen molar-refractivity contribution in [3.05, 3.63) is 0 Å². The zero-order chi connectivity index (χ0) is 8.97. The van der Waals surface area contributed by atoms with Gasteiger partial charge in [-0.1, -0.05) is 0 Å². The van der Waals surface area contributed by atoms with Gasteiger partial charge in [-0.15, -0.1) is 12.4 Å². The van der Waals surface area contributed by atoms with Crippen molar-refractivity contribution in [3.63, 3.8) is 0 Å². The number of carbonyl (C=O) groups is 2. The Labute approximate surface area is 83.3 Å². The molecule has 2 N–H and O–H groups in total. The number of amides is 2. The van der Waals surface area contributed by atoms with Crippen LogP contribution in [-0.4, -0.2) is 49.9 Å². The lowest BCUT2D eigenvalue weighted by Gasteiger charge is -2.26. The second-order valence-electron chi connectivity index (χ2n) is 2.67. The number of carbonyl (C=O) groups excluding carboxylic acids is 2. The molecular formula is C7H14ClN3O2. The van der Waals surface area contributed by atoms with Gasteiger partial charge in [0.15, 0.2) is 0 Å². The molecule has 6 heteroatoms. The summed E-state index contributed by atoms with van der Waals surface area (Å²) in [4.78, 5) is 23.6. The lowest BCUT2D eigenvalue weighted by Crippen LogP contribution is -2.51. The van der Waals surface area contributed by atoms with Crippen LogP contribution in [0, 0.1) is 0 Å². The molecule has 0 saturated carbocycles. The number of likely N-dealkylation sites (N-methyl/N-ethyl adjacent to an activating group) is 1. The van der Waals surface area contributed by atoms with E-state index in [0.717, 1.165) is 6.54 Å². The number of hydrogen-bond donors (Lipinski definition) is 2. The zero-order valence-corrected chi connectivity index (χ0v) is 8.32. The molecule has 0 aromatic heterocycles. The SMILES string of the molecule is CNC(=O)CN1CCNCC1=O.Cl. The second-order valence-corrected chi connectivity index (χ2v) is 2.67. The molecule has 0 spiro atoms. The van der Waals surface area contributed by atoms with E-state index in [9.17, 15) is 9.59 Å². The van der Waals surface area contributed by atoms with E-state index in [1.807, 2.05) is 0 Å². The summed E-state index contributed by atoms with van der Waals surface area (Å²) in [6.07, 6.45) is 0. The molecule has 1 fully saturated rings. The van der Waals surface area contributed by atoms with Gasteiger partial charge >= 0.3 is 0 Å². The quantitative estimate of drug-likeness (QED) is 0.585. The summed E-state index contributed by atoms with van der Waals surface area (Å²) in [5.41, 5.74) is 0. The van der Waals surface area contributed by atoms with Crippen LogP contribution in [0.2, 0.25) is 0 Å². The second kappa shape index (κ2) is 5.77. The molecule has 13 heavy (non-hydrogen) atoms. The Bertz CT molecular complexity index is 198. The Morgan fingerprint density at radius 2 is 2.38 bits per heavy atom. The van der Waals surface area contributed by atoms with Gasteiger partial charge in [0.25, 0.3) is 0 Å². The van der Waals surface area contributed by atoms with Crippen molar-refractivity contribution >= 4 is 24.2 Å². The third kappa shape index (κ3) is 3.61. The molecule has 0 atom stereocenters. The Balaban J connectivity index is 0.00000144. The molecule has 0 radical (unpaired) electrons. The summed E-state index contributed by atoms with van der Waals surface area (Å²) in [7, 11) is 1.56. The normalized spacial score (nSPS) is 16.4. The molecule has 0 unspecified atom stereocenters. The first-order valence-electron chi connectivity index (χ1n) is 3.93. The van der Waals surface area contributed by atoms with Crippen molar-refractivity contribution in [2.75, 3.05) is 33.2 Å². The topological polar surface area (TPSA) is 61.4 Å². The van der Waals surface area contributed by atoms with Gasteiger partial charge < -0.3 is 15.5 Å². The van der Waals surface area contributed by atoms with Gasteiger partial charge in [0, 0.05) is 20.1 Å². The largest absolute Gasteiger partial charge is 0.358 e. The maximum atomic E-state index is 11.1. The summed E-state index contributed by atoms with van der Waals surface area (Å²) in [5, 5.41) is 5.41. The Kier molecular flexibility index (Phi) is 5.41. The summed E-state index contributed by atoms with van der Waals surface area (Å²) in [6, 6.07) is 0. The van der Waals surface area contributed by atoms with Crippen molar-refractivity contribution < 1.29 is 9.59 Å². The molecule has 2 amide bonds. The number of nitrogens with one attached hydrogen (secondary N) is 2. The highest BCUT2D eigenvalue weighted by atomic mass is 35.5. The van der Waals surface area contributed by atoms with E-state index in [1.54, 1.807) is 11.9 Å². The Morgan fingerprint density at radius 1 is 1.69 bits per heavy atom. The molecule has 1 rings (SSSR count). The fourth-order valence-corrected chi connectivity index (χ4v) is 1.07. The van der Waals surface area contributed by atoms with E-state index in [4.69, 9.17) is 0 Å². The van der Waals surface area contributed by atoms with Gasteiger partial charge in [0.1, 0.15) is 0 Å². The Morgan fingerprint density at radius 3 is 2.92 bits per heavy atom. The highest BCUT2D eigenvalue weighted by molar-refractivity contribution is 5.86. The number of piperazine rings is 1. The van der Waals surface area contributed by atoms with Crippen LogP contribution in [0.4, 0.5) is 0 Å². The van der Waals surface area contributed by atoms with Crippen LogP contribution in [0.3, 0.4) is 0 Å². The minimum absolute atomic E-state index is 0. The van der Waals surface area contributed by atoms with Crippen molar-refractivity contribution in [3.8, 4) is 0 Å². The van der Waals surface area contributed by atoms with Crippen LogP contribution in [0.15, 0.2) is 0 Å². The molecule has 0 aliphatic carbocycles. The first-order valence-corrected chi connectivity index (χ1v) is 3.93. The molecular weight excluding hydrogens is 194 g/mol. The van der Waals surface area contributed by atoms with Crippen molar-refractivity contribution in [1.29, 1.82) is 0 Å². The highest BCUT2D eigenvalue weighted by Gasteiger charge is 2.18.